The lowest BCUT2D eigenvalue weighted by molar-refractivity contribution is -0.119. The van der Waals surface area contributed by atoms with Gasteiger partial charge in [0.15, 0.2) is 5.82 Å². The molecular formula is C23H30N6O. The predicted octanol–water partition coefficient (Wildman–Crippen LogP) is 3.55. The van der Waals surface area contributed by atoms with Crippen molar-refractivity contribution in [2.45, 2.75) is 64.0 Å². The van der Waals surface area contributed by atoms with E-state index in [1.807, 2.05) is 13.2 Å². The Bertz CT molecular complexity index is 908. The molecule has 1 amide bonds. The van der Waals surface area contributed by atoms with Gasteiger partial charge in [-0.3, -0.25) is 9.78 Å². The molecule has 2 aromatic heterocycles. The Kier molecular flexibility index (Phi) is 5.27. The Balaban J connectivity index is 1.21. The second kappa shape index (κ2) is 8.20. The summed E-state index contributed by atoms with van der Waals surface area (Å²) in [5, 5.41) is 3.32. The summed E-state index contributed by atoms with van der Waals surface area (Å²) in [5.74, 6) is 2.49. The molecule has 0 aromatic carbocycles. The van der Waals surface area contributed by atoms with Crippen molar-refractivity contribution in [1.82, 2.24) is 15.0 Å². The number of nitrogens with one attached hydrogen (secondary N) is 1. The Morgan fingerprint density at radius 1 is 1.10 bits per heavy atom. The van der Waals surface area contributed by atoms with Crippen LogP contribution in [0.3, 0.4) is 0 Å². The Hall–Kier alpha value is -2.70. The van der Waals surface area contributed by atoms with Crippen molar-refractivity contribution in [2.75, 3.05) is 28.7 Å². The van der Waals surface area contributed by atoms with E-state index in [2.05, 4.69) is 32.3 Å². The molecule has 1 atom stereocenters. The lowest BCUT2D eigenvalue weighted by atomic mass is 10.0. The van der Waals surface area contributed by atoms with Gasteiger partial charge in [-0.15, -0.1) is 0 Å². The van der Waals surface area contributed by atoms with E-state index in [4.69, 9.17) is 4.98 Å². The van der Waals surface area contributed by atoms with Crippen molar-refractivity contribution in [3.05, 3.63) is 35.8 Å². The fourth-order valence-corrected chi connectivity index (χ4v) is 5.06. The number of hydrogen-bond donors (Lipinski definition) is 1. The first-order valence-electron chi connectivity index (χ1n) is 11.3. The van der Waals surface area contributed by atoms with Crippen LogP contribution in [0.4, 0.5) is 17.5 Å². The SMILES string of the molecule is CN1C(=O)C2CCCN2c2nc(NCc3ccc(CCC4CCCC4)nc3)ncc21. The molecule has 2 aliphatic heterocycles. The zero-order valence-electron chi connectivity index (χ0n) is 17.7. The number of hydrogen-bond acceptors (Lipinski definition) is 6. The number of fused-ring (bicyclic) bond motifs is 3. The highest BCUT2D eigenvalue weighted by molar-refractivity contribution is 6.04. The van der Waals surface area contributed by atoms with E-state index in [1.54, 1.807) is 11.1 Å². The highest BCUT2D eigenvalue weighted by Gasteiger charge is 2.40. The van der Waals surface area contributed by atoms with Crippen LogP contribution < -0.4 is 15.1 Å². The van der Waals surface area contributed by atoms with Crippen molar-refractivity contribution in [1.29, 1.82) is 0 Å². The quantitative estimate of drug-likeness (QED) is 0.791. The third-order valence-electron chi connectivity index (χ3n) is 6.87. The molecule has 7 heteroatoms. The monoisotopic (exact) mass is 406 g/mol. The van der Waals surface area contributed by atoms with Crippen LogP contribution in [-0.2, 0) is 17.8 Å². The maximum absolute atomic E-state index is 12.5. The van der Waals surface area contributed by atoms with Crippen LogP contribution in [0, 0.1) is 5.92 Å². The highest BCUT2D eigenvalue weighted by Crippen LogP contribution is 2.38. The number of anilines is 3. The molecule has 2 aromatic rings. The number of carbonyl (C=O) groups is 1. The van der Waals surface area contributed by atoms with Gasteiger partial charge < -0.3 is 15.1 Å². The van der Waals surface area contributed by atoms with Crippen LogP contribution in [0.25, 0.3) is 0 Å². The van der Waals surface area contributed by atoms with E-state index in [0.717, 1.165) is 48.8 Å². The summed E-state index contributed by atoms with van der Waals surface area (Å²) in [7, 11) is 1.81. The molecule has 2 fully saturated rings. The van der Waals surface area contributed by atoms with Crippen LogP contribution in [0.5, 0.6) is 0 Å². The first kappa shape index (κ1) is 19.3. The van der Waals surface area contributed by atoms with Gasteiger partial charge in [0.1, 0.15) is 11.7 Å². The summed E-state index contributed by atoms with van der Waals surface area (Å²) >= 11 is 0. The van der Waals surface area contributed by atoms with Crippen LogP contribution in [0.2, 0.25) is 0 Å². The van der Waals surface area contributed by atoms with E-state index >= 15 is 0 Å². The van der Waals surface area contributed by atoms with Gasteiger partial charge in [0.2, 0.25) is 11.9 Å². The minimum atomic E-state index is -0.0776. The summed E-state index contributed by atoms with van der Waals surface area (Å²) in [6.07, 6.45) is 13.6. The van der Waals surface area contributed by atoms with E-state index in [1.165, 1.54) is 37.8 Å². The third kappa shape index (κ3) is 3.73. The summed E-state index contributed by atoms with van der Waals surface area (Å²) in [4.78, 5) is 30.2. The summed E-state index contributed by atoms with van der Waals surface area (Å²) in [6.45, 7) is 1.51. The van der Waals surface area contributed by atoms with Gasteiger partial charge >= 0.3 is 0 Å². The average molecular weight is 407 g/mol. The number of rotatable bonds is 6. The van der Waals surface area contributed by atoms with Crippen molar-refractivity contribution >= 4 is 23.4 Å². The molecule has 1 unspecified atom stereocenters. The van der Waals surface area contributed by atoms with Crippen molar-refractivity contribution < 1.29 is 4.79 Å². The molecule has 0 radical (unpaired) electrons. The number of amides is 1. The maximum Gasteiger partial charge on any atom is 0.249 e. The van der Waals surface area contributed by atoms with Crippen LogP contribution >= 0.6 is 0 Å². The minimum Gasteiger partial charge on any atom is -0.350 e. The van der Waals surface area contributed by atoms with Gasteiger partial charge in [0, 0.05) is 32.0 Å². The lowest BCUT2D eigenvalue weighted by Gasteiger charge is -2.36. The normalized spacial score (nSPS) is 21.1. The Labute approximate surface area is 177 Å². The summed E-state index contributed by atoms with van der Waals surface area (Å²) in [6, 6.07) is 4.21. The third-order valence-corrected chi connectivity index (χ3v) is 6.87. The topological polar surface area (TPSA) is 74.2 Å². The number of likely N-dealkylation sites (N-methyl/N-ethyl adjacent to an activating group) is 1. The number of aryl methyl sites for hydroxylation is 1. The molecule has 30 heavy (non-hydrogen) atoms. The fourth-order valence-electron chi connectivity index (χ4n) is 5.06. The molecule has 7 nitrogen and oxygen atoms in total. The fraction of sp³-hybridized carbons (Fsp3) is 0.565. The second-order valence-electron chi connectivity index (χ2n) is 8.85. The Morgan fingerprint density at radius 2 is 1.97 bits per heavy atom. The van der Waals surface area contributed by atoms with Crippen molar-refractivity contribution in [3.8, 4) is 0 Å². The molecule has 1 saturated heterocycles. The molecule has 3 aliphatic rings. The molecule has 1 saturated carbocycles. The van der Waals surface area contributed by atoms with E-state index in [9.17, 15) is 4.79 Å². The van der Waals surface area contributed by atoms with Gasteiger partial charge in [-0.05, 0) is 43.2 Å². The summed E-state index contributed by atoms with van der Waals surface area (Å²) < 4.78 is 0. The van der Waals surface area contributed by atoms with Crippen molar-refractivity contribution in [2.24, 2.45) is 5.92 Å². The molecule has 158 valence electrons. The predicted molar refractivity (Wildman–Crippen MR) is 118 cm³/mol. The van der Waals surface area contributed by atoms with E-state index in [0.29, 0.717) is 12.5 Å². The zero-order chi connectivity index (χ0) is 20.5. The largest absolute Gasteiger partial charge is 0.350 e. The zero-order valence-corrected chi connectivity index (χ0v) is 17.7. The molecule has 1 aliphatic carbocycles. The van der Waals surface area contributed by atoms with Crippen LogP contribution in [-0.4, -0.2) is 40.5 Å². The smallest absolute Gasteiger partial charge is 0.249 e. The van der Waals surface area contributed by atoms with Gasteiger partial charge in [0.05, 0.1) is 6.20 Å². The number of pyridine rings is 1. The maximum atomic E-state index is 12.5. The summed E-state index contributed by atoms with van der Waals surface area (Å²) in [5.41, 5.74) is 3.09. The first-order chi connectivity index (χ1) is 14.7. The lowest BCUT2D eigenvalue weighted by Crippen LogP contribution is -2.49. The minimum absolute atomic E-state index is 0.0776. The van der Waals surface area contributed by atoms with Crippen LogP contribution in [0.15, 0.2) is 24.5 Å². The van der Waals surface area contributed by atoms with E-state index in [-0.39, 0.29) is 11.9 Å². The van der Waals surface area contributed by atoms with Gasteiger partial charge in [-0.25, -0.2) is 4.98 Å². The van der Waals surface area contributed by atoms with Crippen molar-refractivity contribution in [3.63, 3.8) is 0 Å². The molecule has 1 N–H and O–H groups in total. The average Bonchev–Trinajstić information content (AvgIpc) is 3.47. The molecule has 0 bridgehead atoms. The second-order valence-corrected chi connectivity index (χ2v) is 8.85. The van der Waals surface area contributed by atoms with Gasteiger partial charge in [-0.1, -0.05) is 31.7 Å². The van der Waals surface area contributed by atoms with Gasteiger partial charge in [-0.2, -0.15) is 4.98 Å². The molecule has 0 spiro atoms. The van der Waals surface area contributed by atoms with Gasteiger partial charge in [0.25, 0.3) is 0 Å². The molecule has 5 rings (SSSR count). The number of nitrogens with zero attached hydrogens (tertiary/aromatic N) is 5. The highest BCUT2D eigenvalue weighted by atomic mass is 16.2. The number of carbonyl (C=O) groups excluding carboxylic acids is 1. The molecule has 4 heterocycles. The standard InChI is InChI=1S/C23H30N6O/c1-28-20-15-26-23(27-21(20)29-12-4-7-19(29)22(28)30)25-14-17-9-11-18(24-13-17)10-8-16-5-2-3-6-16/h9,11,13,15-16,19H,2-8,10,12,14H2,1H3,(H,25,26,27). The number of aromatic nitrogens is 3. The Morgan fingerprint density at radius 3 is 2.77 bits per heavy atom. The van der Waals surface area contributed by atoms with E-state index < -0.39 is 0 Å². The molecular weight excluding hydrogens is 376 g/mol. The van der Waals surface area contributed by atoms with Crippen LogP contribution in [0.1, 0.15) is 56.2 Å². The first-order valence-corrected chi connectivity index (χ1v) is 11.3.